The third-order valence-electron chi connectivity index (χ3n) is 7.39. The molecule has 212 valence electrons. The summed E-state index contributed by atoms with van der Waals surface area (Å²) < 4.78 is 9.06. The van der Waals surface area contributed by atoms with E-state index in [4.69, 9.17) is 0 Å². The molecule has 0 saturated heterocycles. The largest absolute Gasteiger partial charge is 0.348 e. The summed E-state index contributed by atoms with van der Waals surface area (Å²) in [6, 6.07) is 0. The van der Waals surface area contributed by atoms with Crippen LogP contribution in [0.25, 0.3) is 0 Å². The van der Waals surface area contributed by atoms with Gasteiger partial charge in [-0.2, -0.15) is 0 Å². The van der Waals surface area contributed by atoms with Gasteiger partial charge in [-0.3, -0.25) is 0 Å². The number of quaternary nitrogens is 4. The van der Waals surface area contributed by atoms with Crippen molar-refractivity contribution < 1.29 is 17.9 Å². The zero-order valence-electron chi connectivity index (χ0n) is 27.6. The minimum absolute atomic E-state index is 0.959. The topological polar surface area (TPSA) is 9.86 Å². The summed E-state index contributed by atoms with van der Waals surface area (Å²) in [5, 5.41) is 0. The smallest absolute Gasteiger partial charge is 0.106 e. The molecular formula is C31H62N6+4. The van der Waals surface area contributed by atoms with Crippen LogP contribution in [0.3, 0.4) is 0 Å². The standard InChI is InChI=1S/C31H62N6/c1-24-28(20-34(5,6)7)29(21-35(8,9)10)25(2)32(24)18-17-19-33-26(3)30(22-36(11,12)13)31(27(33)4)23-37(14,15)16/h17-23H2,1-16H3/q+4. The summed E-state index contributed by atoms with van der Waals surface area (Å²) in [6.45, 7) is 15.9. The summed E-state index contributed by atoms with van der Waals surface area (Å²) in [5.74, 6) is 0. The molecule has 0 N–H and O–H groups in total. The minimum atomic E-state index is 0.959. The van der Waals surface area contributed by atoms with Gasteiger partial charge in [0, 0.05) is 58.1 Å². The lowest BCUT2D eigenvalue weighted by molar-refractivity contribution is -0.887. The van der Waals surface area contributed by atoms with E-state index in [0.29, 0.717) is 0 Å². The van der Waals surface area contributed by atoms with Gasteiger partial charge >= 0.3 is 0 Å². The first-order valence-electron chi connectivity index (χ1n) is 14.1. The Bertz CT molecular complexity index is 907. The highest BCUT2D eigenvalue weighted by atomic mass is 15.3. The second-order valence-corrected chi connectivity index (χ2v) is 15.7. The molecule has 2 aromatic heterocycles. The number of hydrogen-bond acceptors (Lipinski definition) is 0. The summed E-state index contributed by atoms with van der Waals surface area (Å²) in [4.78, 5) is 0. The van der Waals surface area contributed by atoms with Crippen LogP contribution in [0.1, 0.15) is 51.5 Å². The van der Waals surface area contributed by atoms with Crippen LogP contribution >= 0.6 is 0 Å². The third kappa shape index (κ3) is 8.71. The zero-order chi connectivity index (χ0) is 28.7. The Morgan fingerprint density at radius 3 is 0.730 bits per heavy atom. The summed E-state index contributed by atoms with van der Waals surface area (Å²) >= 11 is 0. The predicted octanol–water partition coefficient (Wildman–Crippen LogP) is 4.44. The van der Waals surface area contributed by atoms with E-state index in [1.54, 1.807) is 22.3 Å². The van der Waals surface area contributed by atoms with E-state index >= 15 is 0 Å². The maximum absolute atomic E-state index is 2.62. The molecule has 0 saturated carbocycles. The first-order chi connectivity index (χ1) is 16.5. The van der Waals surface area contributed by atoms with E-state index in [2.05, 4.69) is 121 Å². The molecule has 37 heavy (non-hydrogen) atoms. The van der Waals surface area contributed by atoms with E-state index in [9.17, 15) is 0 Å². The molecule has 0 unspecified atom stereocenters. The number of hydrogen-bond donors (Lipinski definition) is 0. The molecule has 0 aliphatic carbocycles. The van der Waals surface area contributed by atoms with Crippen molar-refractivity contribution in [1.29, 1.82) is 0 Å². The Labute approximate surface area is 230 Å². The van der Waals surface area contributed by atoms with Crippen LogP contribution in [0.15, 0.2) is 0 Å². The molecule has 0 amide bonds. The Hall–Kier alpha value is -1.60. The first-order valence-corrected chi connectivity index (χ1v) is 14.1. The molecule has 0 bridgehead atoms. The fourth-order valence-electron chi connectivity index (χ4n) is 5.82. The van der Waals surface area contributed by atoms with Gasteiger partial charge in [-0.05, 0) is 34.1 Å². The normalized spacial score (nSPS) is 13.6. The fourth-order valence-corrected chi connectivity index (χ4v) is 5.82. The van der Waals surface area contributed by atoms with Crippen molar-refractivity contribution >= 4 is 0 Å². The van der Waals surface area contributed by atoms with Gasteiger partial charge in [0.15, 0.2) is 0 Å². The molecule has 0 aromatic carbocycles. The Morgan fingerprint density at radius 2 is 0.568 bits per heavy atom. The highest BCUT2D eigenvalue weighted by molar-refractivity contribution is 5.38. The SMILES string of the molecule is Cc1c(C[N+](C)(C)C)c(C[N+](C)(C)C)c(C)n1CCCn1c(C)c(C[N+](C)(C)C)c(C[N+](C)(C)C)c1C. The summed E-state index contributed by atoms with van der Waals surface area (Å²) in [6.07, 6.45) is 1.15. The van der Waals surface area contributed by atoms with Crippen molar-refractivity contribution in [2.45, 2.75) is 73.4 Å². The molecule has 0 spiro atoms. The second kappa shape index (κ2) is 10.9. The maximum Gasteiger partial charge on any atom is 0.106 e. The number of aromatic nitrogens is 2. The molecule has 0 aliphatic heterocycles. The van der Waals surface area contributed by atoms with Crippen LogP contribution in [0.2, 0.25) is 0 Å². The van der Waals surface area contributed by atoms with Gasteiger partial charge in [-0.15, -0.1) is 0 Å². The lowest BCUT2D eigenvalue weighted by Gasteiger charge is -2.27. The molecule has 0 radical (unpaired) electrons. The molecule has 2 rings (SSSR count). The zero-order valence-corrected chi connectivity index (χ0v) is 27.6. The average molecular weight is 519 g/mol. The molecule has 6 heteroatoms. The van der Waals surface area contributed by atoms with Crippen molar-refractivity contribution in [1.82, 2.24) is 9.13 Å². The van der Waals surface area contributed by atoms with E-state index in [-0.39, 0.29) is 0 Å². The minimum Gasteiger partial charge on any atom is -0.348 e. The quantitative estimate of drug-likeness (QED) is 0.368. The van der Waals surface area contributed by atoms with Gasteiger partial charge < -0.3 is 27.1 Å². The fraction of sp³-hybridized carbons (Fsp3) is 0.742. The average Bonchev–Trinajstić information content (AvgIpc) is 2.99. The number of rotatable bonds is 12. The van der Waals surface area contributed by atoms with E-state index in [1.807, 2.05) is 0 Å². The van der Waals surface area contributed by atoms with Gasteiger partial charge in [0.1, 0.15) is 26.2 Å². The van der Waals surface area contributed by atoms with Gasteiger partial charge in [-0.25, -0.2) is 0 Å². The maximum atomic E-state index is 2.62. The lowest BCUT2D eigenvalue weighted by Crippen LogP contribution is -2.36. The van der Waals surface area contributed by atoms with Crippen molar-refractivity contribution in [3.63, 3.8) is 0 Å². The van der Waals surface area contributed by atoms with Gasteiger partial charge in [0.05, 0.1) is 84.6 Å². The Morgan fingerprint density at radius 1 is 0.378 bits per heavy atom. The summed E-state index contributed by atoms with van der Waals surface area (Å²) in [7, 11) is 27.7. The van der Waals surface area contributed by atoms with Crippen LogP contribution in [0, 0.1) is 27.7 Å². The van der Waals surface area contributed by atoms with E-state index in [1.165, 1.54) is 22.8 Å². The van der Waals surface area contributed by atoms with Gasteiger partial charge in [-0.1, -0.05) is 0 Å². The van der Waals surface area contributed by atoms with Crippen molar-refractivity contribution in [3.8, 4) is 0 Å². The van der Waals surface area contributed by atoms with Crippen molar-refractivity contribution in [2.24, 2.45) is 0 Å². The van der Waals surface area contributed by atoms with Crippen LogP contribution in [-0.4, -0.2) is 112 Å². The van der Waals surface area contributed by atoms with E-state index < -0.39 is 0 Å². The predicted molar refractivity (Wildman–Crippen MR) is 159 cm³/mol. The lowest BCUT2D eigenvalue weighted by atomic mass is 10.1. The van der Waals surface area contributed by atoms with E-state index in [0.717, 1.165) is 63.6 Å². The Kier molecular flexibility index (Phi) is 9.29. The Balaban J connectivity index is 2.40. The molecule has 2 aromatic rings. The molecular weight excluding hydrogens is 456 g/mol. The van der Waals surface area contributed by atoms with Crippen LogP contribution in [0.5, 0.6) is 0 Å². The second-order valence-electron chi connectivity index (χ2n) is 15.7. The monoisotopic (exact) mass is 519 g/mol. The molecule has 2 heterocycles. The van der Waals surface area contributed by atoms with Crippen LogP contribution in [-0.2, 0) is 39.3 Å². The molecule has 0 atom stereocenters. The van der Waals surface area contributed by atoms with Gasteiger partial charge in [0.2, 0.25) is 0 Å². The van der Waals surface area contributed by atoms with Crippen molar-refractivity contribution in [2.75, 3.05) is 84.6 Å². The van der Waals surface area contributed by atoms with Crippen molar-refractivity contribution in [3.05, 3.63) is 45.0 Å². The molecule has 0 fully saturated rings. The first kappa shape index (κ1) is 31.6. The van der Waals surface area contributed by atoms with Crippen LogP contribution < -0.4 is 0 Å². The highest BCUT2D eigenvalue weighted by Gasteiger charge is 2.27. The highest BCUT2D eigenvalue weighted by Crippen LogP contribution is 2.29. The van der Waals surface area contributed by atoms with Crippen LogP contribution in [0.4, 0.5) is 0 Å². The molecule has 6 nitrogen and oxygen atoms in total. The number of nitrogens with zero attached hydrogens (tertiary/aromatic N) is 6. The third-order valence-corrected chi connectivity index (χ3v) is 7.39. The molecule has 0 aliphatic rings. The van der Waals surface area contributed by atoms with Gasteiger partial charge in [0.25, 0.3) is 0 Å². The summed E-state index contributed by atoms with van der Waals surface area (Å²) in [5.41, 5.74) is 12.1.